The number of ether oxygens (including phenoxy) is 9. The van der Waals surface area contributed by atoms with Gasteiger partial charge in [0, 0.05) is 109 Å². The number of methoxy groups -OCH3 is 3. The van der Waals surface area contributed by atoms with Crippen molar-refractivity contribution in [1.29, 1.82) is 0 Å². The van der Waals surface area contributed by atoms with E-state index in [0.29, 0.717) is 73.1 Å². The molecule has 0 aliphatic carbocycles. The molecule has 11 heterocycles. The highest BCUT2D eigenvalue weighted by atomic mass is 32.2. The molecular formula is C80H85F13N20O12S. The number of halogens is 13. The highest BCUT2D eigenvalue weighted by molar-refractivity contribution is 8.13. The van der Waals surface area contributed by atoms with E-state index in [9.17, 15) is 71.5 Å². The number of aryl methyl sites for hydroxylation is 3. The number of amides is 2. The quantitative estimate of drug-likeness (QED) is 0.00673. The van der Waals surface area contributed by atoms with E-state index in [1.54, 1.807) is 136 Å². The Balaban J connectivity index is 0.000000168. The molecule has 46 heteroatoms. The van der Waals surface area contributed by atoms with Crippen LogP contribution in [0, 0.1) is 38.2 Å². The third-order valence-electron chi connectivity index (χ3n) is 19.0. The highest BCUT2D eigenvalue weighted by Gasteiger charge is 2.37. The van der Waals surface area contributed by atoms with Crippen molar-refractivity contribution >= 4 is 85.0 Å². The Bertz CT molecular complexity index is 5330. The van der Waals surface area contributed by atoms with E-state index in [-0.39, 0.29) is 47.8 Å². The average Bonchev–Trinajstić information content (AvgIpc) is 1.60. The Labute approximate surface area is 714 Å². The molecule has 674 valence electrons. The van der Waals surface area contributed by atoms with Crippen molar-refractivity contribution in [2.24, 2.45) is 16.7 Å². The fourth-order valence-corrected chi connectivity index (χ4v) is 13.5. The zero-order valence-electron chi connectivity index (χ0n) is 68.1. The topological polar surface area (TPSA) is 347 Å². The minimum atomic E-state index is -2.95. The van der Waals surface area contributed by atoms with E-state index in [1.165, 1.54) is 32.4 Å². The van der Waals surface area contributed by atoms with Gasteiger partial charge in [-0.1, -0.05) is 42.1 Å². The SMILES string of the molecule is COc1ccc(-n2c(COC(F)F)nnc2N2CC(n3cc(C)c4cc(F)ccc43)C2)cn1.COc1ccc(-n2c(COC(F)F)nnc2N2CC(n3cc(C)c4cc(F)ccc43)C2)cn1.COc1ccc(N=C(SC)N2CC(n3cc(C)c4cc(F)ccc43)C2)cn1.NNC(=O)COC(F)F.NNC(=O)COC(F)F.O=C(COC(F)F)OCc1ccccc1. The molecule has 0 bridgehead atoms. The van der Waals surface area contributed by atoms with Gasteiger partial charge >= 0.3 is 39.0 Å². The first-order chi connectivity index (χ1) is 60.5. The van der Waals surface area contributed by atoms with Crippen molar-refractivity contribution in [2.75, 3.05) is 96.5 Å². The first-order valence-corrected chi connectivity index (χ1v) is 39.0. The number of alkyl halides is 10. The molecule has 0 unspecified atom stereocenters. The Kier molecular flexibility index (Phi) is 34.7. The zero-order chi connectivity index (χ0) is 90.8. The number of hydrazine groups is 2. The Hall–Kier alpha value is -12.7. The summed E-state index contributed by atoms with van der Waals surface area (Å²) >= 11 is 1.62. The second-order valence-electron chi connectivity index (χ2n) is 27.2. The Morgan fingerprint density at radius 3 is 1.18 bits per heavy atom. The number of carbonyl (C=O) groups excluding carboxylic acids is 3. The number of aliphatic imine (C=N–C) groups is 1. The number of carbonyl (C=O) groups is 3. The monoisotopic (exact) mass is 1800 g/mol. The number of aromatic nitrogens is 12. The molecule has 0 spiro atoms. The number of thioether (sulfide) groups is 1. The third kappa shape index (κ3) is 26.0. The van der Waals surface area contributed by atoms with E-state index >= 15 is 0 Å². The first kappa shape index (κ1) is 95.5. The average molecular weight is 1800 g/mol. The Morgan fingerprint density at radius 1 is 0.468 bits per heavy atom. The number of esters is 1. The summed E-state index contributed by atoms with van der Waals surface area (Å²) in [7, 11) is 4.62. The second-order valence-corrected chi connectivity index (χ2v) is 28.0. The van der Waals surface area contributed by atoms with Crippen LogP contribution in [0.5, 0.6) is 17.6 Å². The lowest BCUT2D eigenvalue weighted by molar-refractivity contribution is -0.171. The van der Waals surface area contributed by atoms with E-state index in [0.717, 1.165) is 78.9 Å². The van der Waals surface area contributed by atoms with Crippen LogP contribution in [-0.2, 0) is 62.6 Å². The molecule has 0 atom stereocenters. The number of anilines is 2. The van der Waals surface area contributed by atoms with Gasteiger partial charge < -0.3 is 71.0 Å². The maximum Gasteiger partial charge on any atom is 0.345 e. The maximum atomic E-state index is 13.7. The number of nitrogens with zero attached hydrogens (tertiary/aromatic N) is 16. The first-order valence-electron chi connectivity index (χ1n) is 37.7. The van der Waals surface area contributed by atoms with Crippen molar-refractivity contribution in [3.63, 3.8) is 0 Å². The molecule has 4 aromatic carbocycles. The number of nitrogens with two attached hydrogens (primary N) is 2. The van der Waals surface area contributed by atoms with Crippen LogP contribution in [0.3, 0.4) is 0 Å². The molecule has 15 rings (SSSR count). The van der Waals surface area contributed by atoms with E-state index in [1.807, 2.05) is 73.5 Å². The van der Waals surface area contributed by atoms with Crippen LogP contribution in [0.2, 0.25) is 0 Å². The number of hydrogen-bond acceptors (Lipinski definition) is 25. The minimum Gasteiger partial charge on any atom is -0.481 e. The number of fused-ring (bicyclic) bond motifs is 3. The van der Waals surface area contributed by atoms with Crippen LogP contribution in [0.15, 0.2) is 164 Å². The summed E-state index contributed by atoms with van der Waals surface area (Å²) < 4.78 is 209. The summed E-state index contributed by atoms with van der Waals surface area (Å²) in [5.41, 5.74) is 12.2. The molecule has 3 aliphatic rings. The molecular weight excluding hydrogens is 1710 g/mol. The summed E-state index contributed by atoms with van der Waals surface area (Å²) in [6.07, 6.45) is 13.0. The van der Waals surface area contributed by atoms with Crippen LogP contribution in [0.4, 0.5) is 74.7 Å². The summed E-state index contributed by atoms with van der Waals surface area (Å²) in [5, 5.41) is 20.3. The zero-order valence-corrected chi connectivity index (χ0v) is 69.0. The van der Waals surface area contributed by atoms with E-state index < -0.39 is 83.9 Å². The van der Waals surface area contributed by atoms with Gasteiger partial charge in [0.05, 0.1) is 75.1 Å². The summed E-state index contributed by atoms with van der Waals surface area (Å²) in [6, 6.07) is 34.7. The van der Waals surface area contributed by atoms with Crippen molar-refractivity contribution in [3.05, 3.63) is 210 Å². The molecule has 126 heavy (non-hydrogen) atoms. The molecule has 32 nitrogen and oxygen atoms in total. The van der Waals surface area contributed by atoms with Crippen LogP contribution in [0.1, 0.15) is 52.0 Å². The van der Waals surface area contributed by atoms with E-state index in [4.69, 9.17) is 19.2 Å². The summed E-state index contributed by atoms with van der Waals surface area (Å²) in [4.78, 5) is 54.4. The minimum absolute atomic E-state index is 0.0618. The summed E-state index contributed by atoms with van der Waals surface area (Å²) in [6.45, 7) is -7.36. The van der Waals surface area contributed by atoms with Gasteiger partial charge in [-0.3, -0.25) is 29.6 Å². The normalized spacial score (nSPS) is 13.4. The van der Waals surface area contributed by atoms with Gasteiger partial charge in [0.1, 0.15) is 50.5 Å². The van der Waals surface area contributed by atoms with Gasteiger partial charge in [-0.25, -0.2) is 49.6 Å². The lowest BCUT2D eigenvalue weighted by atomic mass is 10.1. The number of pyridine rings is 3. The number of likely N-dealkylation sites (tertiary alicyclic amines) is 1. The largest absolute Gasteiger partial charge is 0.481 e. The number of benzene rings is 4. The highest BCUT2D eigenvalue weighted by Crippen LogP contribution is 2.38. The van der Waals surface area contributed by atoms with Crippen LogP contribution in [-0.4, -0.2) is 206 Å². The number of rotatable bonds is 28. The van der Waals surface area contributed by atoms with Gasteiger partial charge in [0.2, 0.25) is 29.5 Å². The van der Waals surface area contributed by atoms with Crippen LogP contribution in [0.25, 0.3) is 44.1 Å². The summed E-state index contributed by atoms with van der Waals surface area (Å²) in [5.74, 6) is 8.88. The Morgan fingerprint density at radius 2 is 0.841 bits per heavy atom. The number of hydrogen-bond donors (Lipinski definition) is 4. The van der Waals surface area contributed by atoms with Crippen molar-refractivity contribution in [1.82, 2.24) is 73.9 Å². The number of amidine groups is 1. The lowest BCUT2D eigenvalue weighted by Gasteiger charge is -2.41. The third-order valence-corrected chi connectivity index (χ3v) is 19.7. The smallest absolute Gasteiger partial charge is 0.345 e. The molecule has 6 N–H and O–H groups in total. The fraction of sp³-hybridized carbons (Fsp3) is 0.338. The van der Waals surface area contributed by atoms with Crippen molar-refractivity contribution in [3.8, 4) is 29.0 Å². The molecule has 8 aromatic heterocycles. The molecule has 0 saturated carbocycles. The van der Waals surface area contributed by atoms with Crippen LogP contribution < -0.4 is 46.5 Å². The van der Waals surface area contributed by atoms with Crippen molar-refractivity contribution in [2.45, 2.75) is 91.8 Å². The van der Waals surface area contributed by atoms with Gasteiger partial charge in [-0.2, -0.15) is 43.9 Å². The van der Waals surface area contributed by atoms with Crippen LogP contribution >= 0.6 is 11.8 Å². The fourth-order valence-electron chi connectivity index (χ4n) is 12.9. The van der Waals surface area contributed by atoms with Gasteiger partial charge in [-0.15, -0.1) is 20.4 Å². The van der Waals surface area contributed by atoms with Gasteiger partial charge in [0.15, 0.2) is 23.4 Å². The molecule has 2 amide bonds. The van der Waals surface area contributed by atoms with Gasteiger partial charge in [-0.05, 0) is 122 Å². The number of nitrogens with one attached hydrogen (secondary N) is 2. The van der Waals surface area contributed by atoms with Gasteiger partial charge in [0.25, 0.3) is 11.8 Å². The molecule has 3 aliphatic heterocycles. The molecule has 3 saturated heterocycles. The second kappa shape index (κ2) is 45.8. The molecule has 12 aromatic rings. The standard InChI is InChI=1S/2C22H21F3N6O2.C20H21FN4OS.C10H10F2O3.2C3H6F2N2O2/c2*1-13-9-30(18-5-3-14(23)7-17(13)18)16-10-29(11-16)22-28-27-19(12-33-21(24)25)31(22)15-4-6-20(32-2)26-8-15;1-13-10-25(18-6-4-14(21)8-17(13)18)16-11-24(12-16)20(27-3)23-15-5-7-19(26-2)22-9-15;11-10(12)15-7-9(13)14-6-8-4-2-1-3-5-8;2*4-3(5)9-1-2(8)7-6/h2*3-9,16,21H,10-12H2,1-2H3;4-10,16H,11-12H2,1-3H3;1-5,10H,6-7H2;2*3H,1,6H2,(H,7,8). The van der Waals surface area contributed by atoms with E-state index in [2.05, 4.69) is 100 Å². The lowest BCUT2D eigenvalue weighted by Crippen LogP contribution is -2.49. The van der Waals surface area contributed by atoms with Crippen molar-refractivity contribution < 1.29 is 114 Å². The maximum absolute atomic E-state index is 13.7. The predicted octanol–water partition coefficient (Wildman–Crippen LogP) is 12.5. The molecule has 3 fully saturated rings. The predicted molar refractivity (Wildman–Crippen MR) is 434 cm³/mol. The molecule has 0 radical (unpaired) electrons.